The summed E-state index contributed by atoms with van der Waals surface area (Å²) in [6.45, 7) is 7.96. The predicted molar refractivity (Wildman–Crippen MR) is 108 cm³/mol. The number of nitrogens with zero attached hydrogens (tertiary/aromatic N) is 3. The van der Waals surface area contributed by atoms with Crippen LogP contribution in [0, 0.1) is 6.92 Å². The quantitative estimate of drug-likeness (QED) is 0.601. The maximum atomic E-state index is 4.62. The highest BCUT2D eigenvalue weighted by Gasteiger charge is 2.26. The van der Waals surface area contributed by atoms with E-state index in [1.165, 1.54) is 52.2 Å². The molecule has 3 heterocycles. The first-order valence-corrected chi connectivity index (χ1v) is 10.3. The molecule has 1 saturated heterocycles. The van der Waals surface area contributed by atoms with E-state index in [0.29, 0.717) is 0 Å². The third-order valence-corrected chi connectivity index (χ3v) is 6.53. The van der Waals surface area contributed by atoms with Crippen molar-refractivity contribution in [3.8, 4) is 22.5 Å². The molecule has 0 amide bonds. The Bertz CT molecular complexity index is 933. The zero-order chi connectivity index (χ0) is 17.7. The van der Waals surface area contributed by atoms with E-state index in [-0.39, 0.29) is 0 Å². The molecule has 2 aliphatic rings. The summed E-state index contributed by atoms with van der Waals surface area (Å²) in [5, 5.41) is 12.2. The molecule has 1 N–H and O–H groups in total. The van der Waals surface area contributed by atoms with Gasteiger partial charge < -0.3 is 4.90 Å². The summed E-state index contributed by atoms with van der Waals surface area (Å²) in [5.41, 5.74) is 10.6. The van der Waals surface area contributed by atoms with Crippen LogP contribution in [0.2, 0.25) is 0 Å². The van der Waals surface area contributed by atoms with Gasteiger partial charge in [0.2, 0.25) is 0 Å². The zero-order valence-corrected chi connectivity index (χ0v) is 16.2. The van der Waals surface area contributed by atoms with Crippen molar-refractivity contribution in [2.75, 3.05) is 33.2 Å². The molecule has 0 radical (unpaired) electrons. The maximum Gasteiger partial charge on any atom is 0.0970 e. The lowest BCUT2D eigenvalue weighted by Crippen LogP contribution is -2.43. The zero-order valence-electron chi connectivity index (χ0n) is 15.4. The Labute approximate surface area is 158 Å². The molecule has 4 nitrogen and oxygen atoms in total. The van der Waals surface area contributed by atoms with Crippen LogP contribution in [0.3, 0.4) is 0 Å². The number of nitrogens with one attached hydrogen (secondary N) is 1. The van der Waals surface area contributed by atoms with Gasteiger partial charge in [-0.1, -0.05) is 6.07 Å². The van der Waals surface area contributed by atoms with Gasteiger partial charge in [0.05, 0.1) is 11.4 Å². The molecule has 134 valence electrons. The molecule has 0 atom stereocenters. The largest absolute Gasteiger partial charge is 0.304 e. The Balaban J connectivity index is 1.46. The topological polar surface area (TPSA) is 35.2 Å². The van der Waals surface area contributed by atoms with Crippen molar-refractivity contribution in [3.05, 3.63) is 51.2 Å². The van der Waals surface area contributed by atoms with Gasteiger partial charge in [0.15, 0.2) is 0 Å². The molecule has 3 aromatic rings. The van der Waals surface area contributed by atoms with E-state index in [0.717, 1.165) is 31.7 Å². The molecule has 1 aromatic carbocycles. The fraction of sp³-hybridized carbons (Fsp3) is 0.381. The third kappa shape index (κ3) is 2.71. The van der Waals surface area contributed by atoms with Crippen LogP contribution in [0.1, 0.15) is 22.3 Å². The molecule has 0 saturated carbocycles. The van der Waals surface area contributed by atoms with Crippen molar-refractivity contribution in [1.29, 1.82) is 0 Å². The van der Waals surface area contributed by atoms with Gasteiger partial charge in [-0.3, -0.25) is 10.00 Å². The van der Waals surface area contributed by atoms with E-state index in [1.807, 2.05) is 0 Å². The summed E-state index contributed by atoms with van der Waals surface area (Å²) in [7, 11) is 2.21. The molecule has 2 aromatic heterocycles. The Morgan fingerprint density at radius 2 is 2.04 bits per heavy atom. The van der Waals surface area contributed by atoms with Crippen LogP contribution in [0.15, 0.2) is 29.0 Å². The first-order valence-electron chi connectivity index (χ1n) is 9.32. The molecular weight excluding hydrogens is 340 g/mol. The van der Waals surface area contributed by atoms with Crippen molar-refractivity contribution in [2.45, 2.75) is 19.9 Å². The first kappa shape index (κ1) is 16.2. The van der Waals surface area contributed by atoms with Crippen molar-refractivity contribution < 1.29 is 0 Å². The van der Waals surface area contributed by atoms with E-state index in [2.05, 4.69) is 62.9 Å². The number of rotatable bonds is 3. The maximum absolute atomic E-state index is 4.62. The number of hydrogen-bond donors (Lipinski definition) is 1. The lowest BCUT2D eigenvalue weighted by molar-refractivity contribution is 0.148. The second kappa shape index (κ2) is 6.34. The summed E-state index contributed by atoms with van der Waals surface area (Å²) in [4.78, 5) is 4.99. The van der Waals surface area contributed by atoms with Gasteiger partial charge in [-0.05, 0) is 48.2 Å². The minimum atomic E-state index is 0.988. The summed E-state index contributed by atoms with van der Waals surface area (Å²) < 4.78 is 0. The summed E-state index contributed by atoms with van der Waals surface area (Å²) in [6.07, 6.45) is 0.988. The number of piperazine rings is 1. The molecule has 0 bridgehead atoms. The van der Waals surface area contributed by atoms with Gasteiger partial charge in [0, 0.05) is 61.2 Å². The SMILES string of the molecule is Cc1cc2c(cc1CN1CCN(C)CC1)-c1[nH]nc(-c3ccsc3)c1C2. The molecule has 1 aliphatic heterocycles. The molecule has 0 unspecified atom stereocenters. The molecule has 1 aliphatic carbocycles. The Morgan fingerprint density at radius 1 is 1.19 bits per heavy atom. The van der Waals surface area contributed by atoms with Crippen molar-refractivity contribution >= 4 is 11.3 Å². The third-order valence-electron chi connectivity index (χ3n) is 5.85. The second-order valence-corrected chi connectivity index (χ2v) is 8.41. The second-order valence-electron chi connectivity index (χ2n) is 7.63. The standard InChI is InChI=1S/C21H24N4S/c1-14-9-16-10-19-20(15-3-8-26-13-15)22-23-21(19)18(16)11-17(14)12-25-6-4-24(2)5-7-25/h3,8-9,11,13H,4-7,10,12H2,1-2H3,(H,22,23). The van der Waals surface area contributed by atoms with Gasteiger partial charge in [-0.25, -0.2) is 0 Å². The molecule has 5 rings (SSSR count). The van der Waals surface area contributed by atoms with Crippen LogP contribution in [-0.4, -0.2) is 53.2 Å². The molecule has 0 spiro atoms. The van der Waals surface area contributed by atoms with Crippen molar-refractivity contribution in [2.24, 2.45) is 0 Å². The number of benzene rings is 1. The minimum absolute atomic E-state index is 0.988. The van der Waals surface area contributed by atoms with Crippen molar-refractivity contribution in [1.82, 2.24) is 20.0 Å². The summed E-state index contributed by atoms with van der Waals surface area (Å²) in [6, 6.07) is 6.96. The molecule has 5 heteroatoms. The van der Waals surface area contributed by atoms with Crippen LogP contribution < -0.4 is 0 Å². The lowest BCUT2D eigenvalue weighted by atomic mass is 9.99. The van der Waals surface area contributed by atoms with Gasteiger partial charge in [-0.2, -0.15) is 16.4 Å². The lowest BCUT2D eigenvalue weighted by Gasteiger charge is -2.32. The first-order chi connectivity index (χ1) is 12.7. The number of thiophene rings is 1. The van der Waals surface area contributed by atoms with E-state index >= 15 is 0 Å². The number of fused-ring (bicyclic) bond motifs is 3. The van der Waals surface area contributed by atoms with Crippen LogP contribution in [-0.2, 0) is 13.0 Å². The van der Waals surface area contributed by atoms with E-state index in [4.69, 9.17) is 0 Å². The van der Waals surface area contributed by atoms with Crippen LogP contribution in [0.5, 0.6) is 0 Å². The Kier molecular flexibility index (Phi) is 3.96. The number of aryl methyl sites for hydroxylation is 1. The number of aromatic amines is 1. The molecule has 26 heavy (non-hydrogen) atoms. The average molecular weight is 365 g/mol. The highest BCUT2D eigenvalue weighted by Crippen LogP contribution is 2.41. The predicted octanol–water partition coefficient (Wildman–Crippen LogP) is 3.77. The van der Waals surface area contributed by atoms with E-state index in [9.17, 15) is 0 Å². The average Bonchev–Trinajstić information content (AvgIpc) is 3.34. The fourth-order valence-electron chi connectivity index (χ4n) is 4.20. The van der Waals surface area contributed by atoms with Gasteiger partial charge in [0.1, 0.15) is 0 Å². The fourth-order valence-corrected chi connectivity index (χ4v) is 4.84. The van der Waals surface area contributed by atoms with Gasteiger partial charge in [-0.15, -0.1) is 0 Å². The van der Waals surface area contributed by atoms with Crippen LogP contribution >= 0.6 is 11.3 Å². The highest BCUT2D eigenvalue weighted by atomic mass is 32.1. The van der Waals surface area contributed by atoms with Gasteiger partial charge in [0.25, 0.3) is 0 Å². The minimum Gasteiger partial charge on any atom is -0.304 e. The number of likely N-dealkylation sites (N-methyl/N-ethyl adjacent to an activating group) is 1. The van der Waals surface area contributed by atoms with E-state index in [1.54, 1.807) is 11.3 Å². The Hall–Kier alpha value is -1.95. The Morgan fingerprint density at radius 3 is 2.81 bits per heavy atom. The van der Waals surface area contributed by atoms with Crippen LogP contribution in [0.4, 0.5) is 0 Å². The molecule has 1 fully saturated rings. The number of aromatic nitrogens is 2. The van der Waals surface area contributed by atoms with Crippen molar-refractivity contribution in [3.63, 3.8) is 0 Å². The normalized spacial score (nSPS) is 17.5. The number of H-pyrrole nitrogens is 1. The van der Waals surface area contributed by atoms with Crippen LogP contribution in [0.25, 0.3) is 22.5 Å². The summed E-state index contributed by atoms with van der Waals surface area (Å²) in [5.74, 6) is 0. The summed E-state index contributed by atoms with van der Waals surface area (Å²) >= 11 is 1.73. The van der Waals surface area contributed by atoms with Gasteiger partial charge >= 0.3 is 0 Å². The highest BCUT2D eigenvalue weighted by molar-refractivity contribution is 7.08. The number of hydrogen-bond acceptors (Lipinski definition) is 4. The van der Waals surface area contributed by atoms with E-state index < -0.39 is 0 Å². The monoisotopic (exact) mass is 364 g/mol. The molecular formula is C21H24N4S. The smallest absolute Gasteiger partial charge is 0.0970 e.